The maximum atomic E-state index is 12.5. The summed E-state index contributed by atoms with van der Waals surface area (Å²) in [6, 6.07) is 9.61. The predicted molar refractivity (Wildman–Crippen MR) is 96.7 cm³/mol. The number of carbonyl (C=O) groups is 1. The molecule has 0 fully saturated rings. The monoisotopic (exact) mass is 347 g/mol. The Kier molecular flexibility index (Phi) is 6.85. The SMILES string of the molecule is CC(C)CN(CC(C)C)C(=O)CSc1nnc(-c2ccccc2)o1. The maximum absolute atomic E-state index is 12.5. The van der Waals surface area contributed by atoms with Crippen molar-refractivity contribution in [3.63, 3.8) is 0 Å². The van der Waals surface area contributed by atoms with Gasteiger partial charge in [-0.25, -0.2) is 0 Å². The zero-order valence-corrected chi connectivity index (χ0v) is 15.5. The second kappa shape index (κ2) is 8.87. The Morgan fingerprint density at radius 2 is 1.71 bits per heavy atom. The number of nitrogens with zero attached hydrogens (tertiary/aromatic N) is 3. The Bertz CT molecular complexity index is 631. The third kappa shape index (κ3) is 5.67. The van der Waals surface area contributed by atoms with Crippen molar-refractivity contribution in [1.82, 2.24) is 15.1 Å². The van der Waals surface area contributed by atoms with Crippen LogP contribution in [0.15, 0.2) is 40.0 Å². The summed E-state index contributed by atoms with van der Waals surface area (Å²) in [7, 11) is 0. The van der Waals surface area contributed by atoms with Crippen LogP contribution in [0.1, 0.15) is 27.7 Å². The molecule has 2 aromatic rings. The van der Waals surface area contributed by atoms with E-state index in [0.29, 0.717) is 28.7 Å². The summed E-state index contributed by atoms with van der Waals surface area (Å²) in [5, 5.41) is 8.49. The van der Waals surface area contributed by atoms with E-state index in [9.17, 15) is 4.79 Å². The Morgan fingerprint density at radius 3 is 2.29 bits per heavy atom. The van der Waals surface area contributed by atoms with Gasteiger partial charge in [-0.2, -0.15) is 0 Å². The molecular formula is C18H25N3O2S. The number of amides is 1. The van der Waals surface area contributed by atoms with Crippen LogP contribution in [0.3, 0.4) is 0 Å². The molecule has 0 aliphatic rings. The predicted octanol–water partition coefficient (Wildman–Crippen LogP) is 3.97. The number of rotatable bonds is 8. The van der Waals surface area contributed by atoms with E-state index < -0.39 is 0 Å². The van der Waals surface area contributed by atoms with Crippen molar-refractivity contribution in [2.24, 2.45) is 11.8 Å². The Morgan fingerprint density at radius 1 is 1.08 bits per heavy atom. The molecule has 1 heterocycles. The highest BCUT2D eigenvalue weighted by Crippen LogP contribution is 2.23. The molecule has 0 unspecified atom stereocenters. The van der Waals surface area contributed by atoms with Gasteiger partial charge in [-0.05, 0) is 24.0 Å². The van der Waals surface area contributed by atoms with Crippen molar-refractivity contribution in [3.8, 4) is 11.5 Å². The van der Waals surface area contributed by atoms with Crippen LogP contribution in [0.4, 0.5) is 0 Å². The molecule has 1 amide bonds. The quantitative estimate of drug-likeness (QED) is 0.676. The number of thioether (sulfide) groups is 1. The summed E-state index contributed by atoms with van der Waals surface area (Å²) in [6.45, 7) is 10.0. The van der Waals surface area contributed by atoms with Crippen LogP contribution in [-0.2, 0) is 4.79 Å². The molecule has 1 aromatic carbocycles. The van der Waals surface area contributed by atoms with Gasteiger partial charge in [0.25, 0.3) is 5.22 Å². The molecule has 6 heteroatoms. The average Bonchev–Trinajstić information content (AvgIpc) is 3.01. The van der Waals surface area contributed by atoms with Crippen molar-refractivity contribution in [3.05, 3.63) is 30.3 Å². The van der Waals surface area contributed by atoms with E-state index >= 15 is 0 Å². The first-order chi connectivity index (χ1) is 11.5. The highest BCUT2D eigenvalue weighted by Gasteiger charge is 2.18. The molecule has 0 bridgehead atoms. The Labute approximate surface area is 147 Å². The van der Waals surface area contributed by atoms with Gasteiger partial charge in [0.2, 0.25) is 11.8 Å². The molecule has 1 aromatic heterocycles. The molecule has 0 atom stereocenters. The summed E-state index contributed by atoms with van der Waals surface area (Å²) < 4.78 is 5.63. The molecule has 0 spiro atoms. The second-order valence-corrected chi connectivity index (χ2v) is 7.54. The average molecular weight is 347 g/mol. The first-order valence-corrected chi connectivity index (χ1v) is 9.23. The molecule has 130 valence electrons. The number of hydrogen-bond acceptors (Lipinski definition) is 5. The lowest BCUT2D eigenvalue weighted by atomic mass is 10.1. The summed E-state index contributed by atoms with van der Waals surface area (Å²) in [5.41, 5.74) is 0.879. The van der Waals surface area contributed by atoms with Crippen LogP contribution in [0.2, 0.25) is 0 Å². The van der Waals surface area contributed by atoms with E-state index in [4.69, 9.17) is 4.42 Å². The van der Waals surface area contributed by atoms with Crippen LogP contribution in [-0.4, -0.2) is 39.8 Å². The minimum Gasteiger partial charge on any atom is -0.411 e. The molecule has 0 radical (unpaired) electrons. The molecule has 24 heavy (non-hydrogen) atoms. The van der Waals surface area contributed by atoms with E-state index in [0.717, 1.165) is 18.7 Å². The molecule has 0 N–H and O–H groups in total. The fourth-order valence-electron chi connectivity index (χ4n) is 2.34. The van der Waals surface area contributed by atoms with Crippen molar-refractivity contribution in [2.45, 2.75) is 32.9 Å². The summed E-state index contributed by atoms with van der Waals surface area (Å²) in [6.07, 6.45) is 0. The van der Waals surface area contributed by atoms with Gasteiger partial charge in [-0.3, -0.25) is 4.79 Å². The minimum atomic E-state index is 0.113. The number of benzene rings is 1. The normalized spacial score (nSPS) is 11.2. The summed E-state index contributed by atoms with van der Waals surface area (Å²) in [5.74, 6) is 1.81. The number of aromatic nitrogens is 2. The number of carbonyl (C=O) groups excluding carboxylic acids is 1. The largest absolute Gasteiger partial charge is 0.411 e. The van der Waals surface area contributed by atoms with Crippen molar-refractivity contribution in [2.75, 3.05) is 18.8 Å². The third-order valence-electron chi connectivity index (χ3n) is 3.27. The van der Waals surface area contributed by atoms with E-state index in [2.05, 4.69) is 37.9 Å². The van der Waals surface area contributed by atoms with Gasteiger partial charge < -0.3 is 9.32 Å². The van der Waals surface area contributed by atoms with Crippen LogP contribution in [0.25, 0.3) is 11.5 Å². The lowest BCUT2D eigenvalue weighted by molar-refractivity contribution is -0.129. The van der Waals surface area contributed by atoms with Crippen molar-refractivity contribution in [1.29, 1.82) is 0 Å². The molecular weight excluding hydrogens is 322 g/mol. The highest BCUT2D eigenvalue weighted by molar-refractivity contribution is 7.99. The van der Waals surface area contributed by atoms with Crippen LogP contribution >= 0.6 is 11.8 Å². The Balaban J connectivity index is 1.94. The summed E-state index contributed by atoms with van der Waals surface area (Å²) >= 11 is 1.30. The topological polar surface area (TPSA) is 59.2 Å². The summed E-state index contributed by atoms with van der Waals surface area (Å²) in [4.78, 5) is 14.4. The molecule has 0 aliphatic carbocycles. The smallest absolute Gasteiger partial charge is 0.277 e. The van der Waals surface area contributed by atoms with Crippen LogP contribution < -0.4 is 0 Å². The van der Waals surface area contributed by atoms with Crippen LogP contribution in [0.5, 0.6) is 0 Å². The highest BCUT2D eigenvalue weighted by atomic mass is 32.2. The van der Waals surface area contributed by atoms with Crippen LogP contribution in [0, 0.1) is 11.8 Å². The fourth-order valence-corrected chi connectivity index (χ4v) is 3.01. The second-order valence-electron chi connectivity index (χ2n) is 6.61. The minimum absolute atomic E-state index is 0.113. The van der Waals surface area contributed by atoms with Gasteiger partial charge in [0.05, 0.1) is 5.75 Å². The maximum Gasteiger partial charge on any atom is 0.277 e. The van der Waals surface area contributed by atoms with E-state index in [1.54, 1.807) is 0 Å². The van der Waals surface area contributed by atoms with E-state index in [-0.39, 0.29) is 5.91 Å². The zero-order valence-electron chi connectivity index (χ0n) is 14.7. The molecule has 0 saturated heterocycles. The first-order valence-electron chi connectivity index (χ1n) is 8.25. The first kappa shape index (κ1) is 18.5. The lowest BCUT2D eigenvalue weighted by Crippen LogP contribution is -2.38. The van der Waals surface area contributed by atoms with Gasteiger partial charge in [-0.1, -0.05) is 57.7 Å². The van der Waals surface area contributed by atoms with Crippen molar-refractivity contribution < 1.29 is 9.21 Å². The molecule has 0 aliphatic heterocycles. The molecule has 2 rings (SSSR count). The van der Waals surface area contributed by atoms with E-state index in [1.165, 1.54) is 11.8 Å². The fraction of sp³-hybridized carbons (Fsp3) is 0.500. The molecule has 0 saturated carbocycles. The zero-order chi connectivity index (χ0) is 17.5. The van der Waals surface area contributed by atoms with Gasteiger partial charge in [0, 0.05) is 18.7 Å². The van der Waals surface area contributed by atoms with Crippen molar-refractivity contribution >= 4 is 17.7 Å². The van der Waals surface area contributed by atoms with Gasteiger partial charge >= 0.3 is 0 Å². The van der Waals surface area contributed by atoms with E-state index in [1.807, 2.05) is 35.2 Å². The Hall–Kier alpha value is -1.82. The lowest BCUT2D eigenvalue weighted by Gasteiger charge is -2.26. The van der Waals surface area contributed by atoms with Gasteiger partial charge in [0.1, 0.15) is 0 Å². The molecule has 5 nitrogen and oxygen atoms in total. The standard InChI is InChI=1S/C18H25N3O2S/c1-13(2)10-21(11-14(3)4)16(22)12-24-18-20-19-17(23-18)15-8-6-5-7-9-15/h5-9,13-14H,10-12H2,1-4H3. The van der Waals surface area contributed by atoms with Gasteiger partial charge in [-0.15, -0.1) is 10.2 Å². The number of hydrogen-bond donors (Lipinski definition) is 0. The third-order valence-corrected chi connectivity index (χ3v) is 4.07. The van der Waals surface area contributed by atoms with Gasteiger partial charge in [0.15, 0.2) is 0 Å².